The first-order valence-electron chi connectivity index (χ1n) is 8.70. The van der Waals surface area contributed by atoms with Gasteiger partial charge < -0.3 is 9.47 Å². The van der Waals surface area contributed by atoms with Crippen LogP contribution in [0.2, 0.25) is 5.02 Å². The maximum Gasteiger partial charge on any atom is 0.201 e. The predicted octanol–water partition coefficient (Wildman–Crippen LogP) is 3.86. The molecule has 0 fully saturated rings. The van der Waals surface area contributed by atoms with Crippen molar-refractivity contribution >= 4 is 33.0 Å². The molecule has 1 aromatic carbocycles. The molecule has 0 radical (unpaired) electrons. The van der Waals surface area contributed by atoms with E-state index in [9.17, 15) is 18.0 Å². The SMILES string of the molecule is CCOC=C(C(=O)c1ccc(S(=O)(=O)CC)c(OCC)c1Cl)C(=O)C(C)C. The Bertz CT molecular complexity index is 840. The second-order valence-electron chi connectivity index (χ2n) is 5.93. The molecule has 6 nitrogen and oxygen atoms in total. The minimum Gasteiger partial charge on any atom is -0.501 e. The Morgan fingerprint density at radius 3 is 2.26 bits per heavy atom. The van der Waals surface area contributed by atoms with Gasteiger partial charge in [0.2, 0.25) is 5.78 Å². The summed E-state index contributed by atoms with van der Waals surface area (Å²) in [7, 11) is -3.61. The Labute approximate surface area is 165 Å². The summed E-state index contributed by atoms with van der Waals surface area (Å²) in [5, 5.41) is -0.143. The lowest BCUT2D eigenvalue weighted by Gasteiger charge is -2.15. The first-order chi connectivity index (χ1) is 12.6. The number of Topliss-reactive ketones (excluding diaryl/α,β-unsaturated/α-hetero) is 2. The molecule has 0 bridgehead atoms. The van der Waals surface area contributed by atoms with Crippen LogP contribution in [0, 0.1) is 5.92 Å². The first kappa shape index (κ1) is 23.2. The molecule has 0 saturated carbocycles. The standard InChI is InChI=1S/C19H25ClO6S/c1-6-25-11-14(17(21)12(4)5)18(22)13-9-10-15(27(23,24)8-3)19(16(13)20)26-7-2/h9-12H,6-8H2,1-5H3. The highest BCUT2D eigenvalue weighted by Crippen LogP contribution is 2.37. The largest absolute Gasteiger partial charge is 0.501 e. The first-order valence-corrected chi connectivity index (χ1v) is 10.7. The van der Waals surface area contributed by atoms with E-state index in [4.69, 9.17) is 21.1 Å². The molecule has 0 amide bonds. The number of carbonyl (C=O) groups excluding carboxylic acids is 2. The number of ether oxygens (including phenoxy) is 2. The molecule has 1 aromatic rings. The monoisotopic (exact) mass is 416 g/mol. The molecule has 0 saturated heterocycles. The number of rotatable bonds is 10. The van der Waals surface area contributed by atoms with E-state index >= 15 is 0 Å². The highest BCUT2D eigenvalue weighted by molar-refractivity contribution is 7.91. The third-order valence-corrected chi connectivity index (χ3v) is 5.84. The highest BCUT2D eigenvalue weighted by atomic mass is 35.5. The Kier molecular flexibility index (Phi) is 8.50. The zero-order chi connectivity index (χ0) is 20.8. The van der Waals surface area contributed by atoms with E-state index < -0.39 is 27.3 Å². The lowest BCUT2D eigenvalue weighted by molar-refractivity contribution is -0.118. The van der Waals surface area contributed by atoms with Crippen LogP contribution in [-0.2, 0) is 19.4 Å². The summed E-state index contributed by atoms with van der Waals surface area (Å²) < 4.78 is 35.2. The van der Waals surface area contributed by atoms with Crippen molar-refractivity contribution in [3.8, 4) is 5.75 Å². The number of halogens is 1. The van der Waals surface area contributed by atoms with Crippen LogP contribution in [-0.4, -0.2) is 39.0 Å². The van der Waals surface area contributed by atoms with Crippen molar-refractivity contribution in [3.05, 3.63) is 34.6 Å². The second-order valence-corrected chi connectivity index (χ2v) is 8.55. The Morgan fingerprint density at radius 1 is 1.15 bits per heavy atom. The normalized spacial score (nSPS) is 12.2. The Hall–Kier alpha value is -1.86. The van der Waals surface area contributed by atoms with Gasteiger partial charge in [0.1, 0.15) is 10.5 Å². The van der Waals surface area contributed by atoms with Crippen LogP contribution in [0.1, 0.15) is 45.0 Å². The maximum atomic E-state index is 12.9. The van der Waals surface area contributed by atoms with Gasteiger partial charge in [-0.05, 0) is 26.0 Å². The van der Waals surface area contributed by atoms with Gasteiger partial charge in [-0.25, -0.2) is 8.42 Å². The number of carbonyl (C=O) groups is 2. The molecule has 0 aliphatic rings. The van der Waals surface area contributed by atoms with Crippen LogP contribution in [0.25, 0.3) is 0 Å². The molecule has 0 heterocycles. The van der Waals surface area contributed by atoms with Crippen LogP contribution in [0.5, 0.6) is 5.75 Å². The Morgan fingerprint density at radius 2 is 1.78 bits per heavy atom. The molecule has 0 aliphatic heterocycles. The van der Waals surface area contributed by atoms with Crippen molar-refractivity contribution in [2.45, 2.75) is 39.5 Å². The molecule has 0 aliphatic carbocycles. The van der Waals surface area contributed by atoms with Crippen molar-refractivity contribution in [2.75, 3.05) is 19.0 Å². The number of benzene rings is 1. The van der Waals surface area contributed by atoms with E-state index in [1.165, 1.54) is 19.1 Å². The van der Waals surface area contributed by atoms with E-state index in [0.29, 0.717) is 0 Å². The van der Waals surface area contributed by atoms with Gasteiger partial charge in [-0.15, -0.1) is 0 Å². The van der Waals surface area contributed by atoms with E-state index in [0.717, 1.165) is 6.26 Å². The minimum atomic E-state index is -3.61. The van der Waals surface area contributed by atoms with E-state index in [1.54, 1.807) is 27.7 Å². The van der Waals surface area contributed by atoms with Crippen LogP contribution >= 0.6 is 11.6 Å². The molecule has 0 atom stereocenters. The number of hydrogen-bond acceptors (Lipinski definition) is 6. The summed E-state index contributed by atoms with van der Waals surface area (Å²) in [6.07, 6.45) is 1.12. The van der Waals surface area contributed by atoms with Crippen molar-refractivity contribution < 1.29 is 27.5 Å². The molecule has 0 spiro atoms. The van der Waals surface area contributed by atoms with Crippen molar-refractivity contribution in [3.63, 3.8) is 0 Å². The summed E-state index contributed by atoms with van der Waals surface area (Å²) in [6.45, 7) is 8.68. The predicted molar refractivity (Wildman–Crippen MR) is 104 cm³/mol. The van der Waals surface area contributed by atoms with E-state index in [1.807, 2.05) is 0 Å². The van der Waals surface area contributed by atoms with E-state index in [2.05, 4.69) is 0 Å². The van der Waals surface area contributed by atoms with Crippen molar-refractivity contribution in [1.29, 1.82) is 0 Å². The summed E-state index contributed by atoms with van der Waals surface area (Å²) in [5.74, 6) is -1.69. The molecule has 150 valence electrons. The molecule has 0 aromatic heterocycles. The van der Waals surface area contributed by atoms with Gasteiger partial charge in [0.05, 0.1) is 30.3 Å². The second kappa shape index (κ2) is 9.90. The van der Waals surface area contributed by atoms with Crippen LogP contribution < -0.4 is 4.74 Å². The number of hydrogen-bond donors (Lipinski definition) is 0. The fraction of sp³-hybridized carbons (Fsp3) is 0.474. The van der Waals surface area contributed by atoms with Gasteiger partial charge in [0.15, 0.2) is 21.4 Å². The van der Waals surface area contributed by atoms with Crippen LogP contribution in [0.3, 0.4) is 0 Å². The van der Waals surface area contributed by atoms with Gasteiger partial charge in [0.25, 0.3) is 0 Å². The number of ketones is 2. The topological polar surface area (TPSA) is 86.7 Å². The van der Waals surface area contributed by atoms with E-state index in [-0.39, 0.29) is 45.8 Å². The smallest absolute Gasteiger partial charge is 0.201 e. The molecular weight excluding hydrogens is 392 g/mol. The quantitative estimate of drug-likeness (QED) is 0.189. The summed E-state index contributed by atoms with van der Waals surface area (Å²) in [5.41, 5.74) is -0.169. The van der Waals surface area contributed by atoms with Crippen LogP contribution in [0.4, 0.5) is 0 Å². The molecule has 0 unspecified atom stereocenters. The van der Waals surface area contributed by atoms with Crippen molar-refractivity contribution in [1.82, 2.24) is 0 Å². The third-order valence-electron chi connectivity index (χ3n) is 3.71. The lowest BCUT2D eigenvalue weighted by Crippen LogP contribution is -2.19. The zero-order valence-corrected chi connectivity index (χ0v) is 17.7. The number of sulfone groups is 1. The highest BCUT2D eigenvalue weighted by Gasteiger charge is 2.29. The van der Waals surface area contributed by atoms with Gasteiger partial charge in [-0.1, -0.05) is 32.4 Å². The zero-order valence-electron chi connectivity index (χ0n) is 16.2. The Balaban J connectivity index is 3.59. The molecule has 8 heteroatoms. The summed E-state index contributed by atoms with van der Waals surface area (Å²) >= 11 is 6.32. The molecule has 0 N–H and O–H groups in total. The molecular formula is C19H25ClO6S. The third kappa shape index (κ3) is 5.32. The number of allylic oxidation sites excluding steroid dienone is 1. The lowest BCUT2D eigenvalue weighted by atomic mass is 9.95. The van der Waals surface area contributed by atoms with Gasteiger partial charge >= 0.3 is 0 Å². The summed E-state index contributed by atoms with van der Waals surface area (Å²) in [4.78, 5) is 25.3. The molecule has 27 heavy (non-hydrogen) atoms. The van der Waals surface area contributed by atoms with Gasteiger partial charge in [-0.2, -0.15) is 0 Å². The fourth-order valence-electron chi connectivity index (χ4n) is 2.24. The molecule has 1 rings (SSSR count). The van der Waals surface area contributed by atoms with Crippen molar-refractivity contribution in [2.24, 2.45) is 5.92 Å². The fourth-order valence-corrected chi connectivity index (χ4v) is 3.63. The van der Waals surface area contributed by atoms with Crippen LogP contribution in [0.15, 0.2) is 28.9 Å². The summed E-state index contributed by atoms with van der Waals surface area (Å²) in [6, 6.07) is 2.57. The average Bonchev–Trinajstić information content (AvgIpc) is 2.63. The van der Waals surface area contributed by atoms with Gasteiger partial charge in [0, 0.05) is 11.5 Å². The maximum absolute atomic E-state index is 12.9. The van der Waals surface area contributed by atoms with Gasteiger partial charge in [-0.3, -0.25) is 9.59 Å². The minimum absolute atomic E-state index is 0.0184. The average molecular weight is 417 g/mol.